The van der Waals surface area contributed by atoms with E-state index in [0.717, 1.165) is 39.0 Å². The molecule has 0 unspecified atom stereocenters. The summed E-state index contributed by atoms with van der Waals surface area (Å²) in [6.45, 7) is 7.19. The Morgan fingerprint density at radius 2 is 1.72 bits per heavy atom. The molecule has 4 nitrogen and oxygen atoms in total. The van der Waals surface area contributed by atoms with Gasteiger partial charge in [-0.2, -0.15) is 0 Å². The van der Waals surface area contributed by atoms with Crippen molar-refractivity contribution in [3.8, 4) is 0 Å². The Hall–Kier alpha value is -0.130. The molecule has 0 bridgehead atoms. The van der Waals surface area contributed by atoms with Gasteiger partial charge in [0, 0.05) is 13.1 Å². The van der Waals surface area contributed by atoms with E-state index >= 15 is 0 Å². The molecule has 1 spiro atoms. The molecule has 2 aliphatic rings. The van der Waals surface area contributed by atoms with Gasteiger partial charge in [0.2, 0.25) is 10.0 Å². The Labute approximate surface area is 111 Å². The van der Waals surface area contributed by atoms with Gasteiger partial charge in [0.15, 0.2) is 0 Å². The summed E-state index contributed by atoms with van der Waals surface area (Å²) in [6.07, 6.45) is 5.68. The highest BCUT2D eigenvalue weighted by atomic mass is 32.2. The summed E-state index contributed by atoms with van der Waals surface area (Å²) in [5.74, 6) is 0. The largest absolute Gasteiger partial charge is 0.317 e. The predicted octanol–water partition coefficient (Wildman–Crippen LogP) is 1.58. The molecule has 0 aliphatic carbocycles. The number of piperidine rings is 1. The zero-order valence-electron chi connectivity index (χ0n) is 11.6. The molecule has 0 aromatic carbocycles. The average Bonchev–Trinajstić information content (AvgIpc) is 2.53. The lowest BCUT2D eigenvalue weighted by molar-refractivity contribution is 0.174. The van der Waals surface area contributed by atoms with Crippen LogP contribution in [0.3, 0.4) is 0 Å². The first-order chi connectivity index (χ1) is 8.46. The minimum atomic E-state index is -3.06. The standard InChI is InChI=1S/C13H26N2O2S/c1-12(2)18(16,17)15-10-3-4-13(7-11-15)5-8-14-9-6-13/h12,14H,3-11H2,1-2H3. The smallest absolute Gasteiger partial charge is 0.216 e. The second kappa shape index (κ2) is 5.47. The third kappa shape index (κ3) is 2.89. The molecular weight excluding hydrogens is 248 g/mol. The van der Waals surface area contributed by atoms with E-state index in [0.29, 0.717) is 5.41 Å². The van der Waals surface area contributed by atoms with Crippen molar-refractivity contribution in [3.05, 3.63) is 0 Å². The van der Waals surface area contributed by atoms with Crippen molar-refractivity contribution in [2.24, 2.45) is 5.41 Å². The number of rotatable bonds is 2. The molecule has 106 valence electrons. The lowest BCUT2D eigenvalue weighted by Crippen LogP contribution is -2.39. The molecule has 0 atom stereocenters. The number of nitrogens with one attached hydrogen (secondary N) is 1. The van der Waals surface area contributed by atoms with Crippen LogP contribution in [0.15, 0.2) is 0 Å². The van der Waals surface area contributed by atoms with Crippen molar-refractivity contribution in [1.82, 2.24) is 9.62 Å². The third-order valence-electron chi connectivity index (χ3n) is 4.63. The first-order valence-corrected chi connectivity index (χ1v) is 8.66. The second-order valence-electron chi connectivity index (χ2n) is 6.10. The number of nitrogens with zero attached hydrogens (tertiary/aromatic N) is 1. The normalized spacial score (nSPS) is 26.4. The van der Waals surface area contributed by atoms with Crippen LogP contribution in [0.2, 0.25) is 0 Å². The molecule has 0 radical (unpaired) electrons. The van der Waals surface area contributed by atoms with Gasteiger partial charge in [-0.3, -0.25) is 0 Å². The van der Waals surface area contributed by atoms with Crippen LogP contribution in [-0.2, 0) is 10.0 Å². The van der Waals surface area contributed by atoms with Gasteiger partial charge in [-0.25, -0.2) is 12.7 Å². The summed E-state index contributed by atoms with van der Waals surface area (Å²) < 4.78 is 26.2. The summed E-state index contributed by atoms with van der Waals surface area (Å²) in [6, 6.07) is 0. The van der Waals surface area contributed by atoms with E-state index in [-0.39, 0.29) is 5.25 Å². The van der Waals surface area contributed by atoms with E-state index in [2.05, 4.69) is 5.32 Å². The molecule has 2 saturated heterocycles. The monoisotopic (exact) mass is 274 g/mol. The zero-order valence-corrected chi connectivity index (χ0v) is 12.4. The van der Waals surface area contributed by atoms with Crippen LogP contribution in [0.5, 0.6) is 0 Å². The van der Waals surface area contributed by atoms with Crippen LogP contribution in [0.1, 0.15) is 46.0 Å². The fourth-order valence-electron chi connectivity index (χ4n) is 3.24. The quantitative estimate of drug-likeness (QED) is 0.832. The predicted molar refractivity (Wildman–Crippen MR) is 74.0 cm³/mol. The van der Waals surface area contributed by atoms with Gasteiger partial charge in [-0.05, 0) is 64.5 Å². The number of hydrogen-bond acceptors (Lipinski definition) is 3. The zero-order chi connectivity index (χ0) is 13.2. The molecule has 2 aliphatic heterocycles. The minimum absolute atomic E-state index is 0.292. The number of sulfonamides is 1. The van der Waals surface area contributed by atoms with Crippen molar-refractivity contribution in [2.45, 2.75) is 51.2 Å². The first-order valence-electron chi connectivity index (χ1n) is 7.16. The third-order valence-corrected chi connectivity index (χ3v) is 6.90. The lowest BCUT2D eigenvalue weighted by atomic mass is 9.73. The van der Waals surface area contributed by atoms with Gasteiger partial charge >= 0.3 is 0 Å². The van der Waals surface area contributed by atoms with Crippen molar-refractivity contribution in [3.63, 3.8) is 0 Å². The van der Waals surface area contributed by atoms with Crippen LogP contribution < -0.4 is 5.32 Å². The molecule has 0 aromatic heterocycles. The van der Waals surface area contributed by atoms with E-state index in [1.165, 1.54) is 19.3 Å². The van der Waals surface area contributed by atoms with E-state index in [1.807, 2.05) is 0 Å². The van der Waals surface area contributed by atoms with Crippen molar-refractivity contribution in [2.75, 3.05) is 26.2 Å². The van der Waals surface area contributed by atoms with E-state index < -0.39 is 10.0 Å². The van der Waals surface area contributed by atoms with Gasteiger partial charge in [0.25, 0.3) is 0 Å². The molecule has 0 saturated carbocycles. The average molecular weight is 274 g/mol. The topological polar surface area (TPSA) is 49.4 Å². The Kier molecular flexibility index (Phi) is 4.34. The SMILES string of the molecule is CC(C)S(=O)(=O)N1CCCC2(CCNCC2)CC1. The molecule has 2 fully saturated rings. The Morgan fingerprint density at radius 3 is 2.33 bits per heavy atom. The van der Waals surface area contributed by atoms with Crippen LogP contribution in [0, 0.1) is 5.41 Å². The highest BCUT2D eigenvalue weighted by molar-refractivity contribution is 7.89. The molecule has 5 heteroatoms. The van der Waals surface area contributed by atoms with Gasteiger partial charge in [0.05, 0.1) is 5.25 Å². The molecule has 0 aromatic rings. The van der Waals surface area contributed by atoms with Crippen LogP contribution in [0.25, 0.3) is 0 Å². The molecular formula is C13H26N2O2S. The number of hydrogen-bond donors (Lipinski definition) is 1. The Bertz CT molecular complexity index is 372. The summed E-state index contributed by atoms with van der Waals surface area (Å²) in [5, 5.41) is 3.11. The van der Waals surface area contributed by atoms with Crippen molar-refractivity contribution < 1.29 is 8.42 Å². The summed E-state index contributed by atoms with van der Waals surface area (Å²) in [7, 11) is -3.06. The molecule has 0 amide bonds. The fourth-order valence-corrected chi connectivity index (χ4v) is 4.56. The van der Waals surface area contributed by atoms with Gasteiger partial charge < -0.3 is 5.32 Å². The van der Waals surface area contributed by atoms with Crippen molar-refractivity contribution >= 4 is 10.0 Å². The van der Waals surface area contributed by atoms with E-state index in [9.17, 15) is 8.42 Å². The maximum atomic E-state index is 12.2. The highest BCUT2D eigenvalue weighted by Gasteiger charge is 2.36. The molecule has 2 heterocycles. The summed E-state index contributed by atoms with van der Waals surface area (Å²) in [5.41, 5.74) is 0.409. The minimum Gasteiger partial charge on any atom is -0.317 e. The Balaban J connectivity index is 2.04. The van der Waals surface area contributed by atoms with Crippen LogP contribution >= 0.6 is 0 Å². The second-order valence-corrected chi connectivity index (χ2v) is 8.59. The highest BCUT2D eigenvalue weighted by Crippen LogP contribution is 2.40. The van der Waals surface area contributed by atoms with Gasteiger partial charge in [-0.1, -0.05) is 0 Å². The van der Waals surface area contributed by atoms with Gasteiger partial charge in [-0.15, -0.1) is 0 Å². The fraction of sp³-hybridized carbons (Fsp3) is 1.00. The maximum Gasteiger partial charge on any atom is 0.216 e. The van der Waals surface area contributed by atoms with E-state index in [1.54, 1.807) is 18.2 Å². The lowest BCUT2D eigenvalue weighted by Gasteiger charge is -2.37. The summed E-state index contributed by atoms with van der Waals surface area (Å²) >= 11 is 0. The maximum absolute atomic E-state index is 12.2. The summed E-state index contributed by atoms with van der Waals surface area (Å²) in [4.78, 5) is 0. The molecule has 2 rings (SSSR count). The van der Waals surface area contributed by atoms with Crippen LogP contribution in [-0.4, -0.2) is 44.2 Å². The van der Waals surface area contributed by atoms with Crippen LogP contribution in [0.4, 0.5) is 0 Å². The van der Waals surface area contributed by atoms with E-state index in [4.69, 9.17) is 0 Å². The van der Waals surface area contributed by atoms with Crippen molar-refractivity contribution in [1.29, 1.82) is 0 Å². The van der Waals surface area contributed by atoms with Gasteiger partial charge in [0.1, 0.15) is 0 Å². The molecule has 18 heavy (non-hydrogen) atoms. The first kappa shape index (κ1) is 14.3. The Morgan fingerprint density at radius 1 is 1.06 bits per heavy atom. The molecule has 1 N–H and O–H groups in total.